The first-order valence-electron chi connectivity index (χ1n) is 6.98. The number of rotatable bonds is 6. The van der Waals surface area contributed by atoms with Crippen LogP contribution < -0.4 is 14.8 Å². The van der Waals surface area contributed by atoms with Crippen LogP contribution in [0.1, 0.15) is 6.92 Å². The minimum atomic E-state index is -0.286. The molecule has 4 nitrogen and oxygen atoms in total. The standard InChI is InChI=1S/C17H18ClNO3S/c1-11(23-14-6-4-5-13(10-14)21-2)17(20)19-15-9-12(18)7-8-16(15)22-3/h4-11H,1-3H3,(H,19,20). The first-order chi connectivity index (χ1) is 11.0. The van der Waals surface area contributed by atoms with Gasteiger partial charge in [0.15, 0.2) is 0 Å². The van der Waals surface area contributed by atoms with Crippen molar-refractivity contribution in [1.82, 2.24) is 0 Å². The number of methoxy groups -OCH3 is 2. The van der Waals surface area contributed by atoms with E-state index in [4.69, 9.17) is 21.1 Å². The largest absolute Gasteiger partial charge is 0.497 e. The third-order valence-corrected chi connectivity index (χ3v) is 4.47. The molecular formula is C17H18ClNO3S. The van der Waals surface area contributed by atoms with Gasteiger partial charge in [-0.2, -0.15) is 0 Å². The molecule has 23 heavy (non-hydrogen) atoms. The molecule has 2 aromatic carbocycles. The van der Waals surface area contributed by atoms with Crippen LogP contribution in [0.15, 0.2) is 47.4 Å². The Balaban J connectivity index is 2.06. The van der Waals surface area contributed by atoms with E-state index < -0.39 is 0 Å². The topological polar surface area (TPSA) is 47.6 Å². The molecule has 0 saturated heterocycles. The quantitative estimate of drug-likeness (QED) is 0.780. The predicted octanol–water partition coefficient (Wildman–Crippen LogP) is 4.48. The van der Waals surface area contributed by atoms with Crippen LogP contribution in [-0.4, -0.2) is 25.4 Å². The van der Waals surface area contributed by atoms with Gasteiger partial charge in [0.1, 0.15) is 11.5 Å². The average Bonchev–Trinajstić information content (AvgIpc) is 2.55. The van der Waals surface area contributed by atoms with Crippen molar-refractivity contribution in [3.8, 4) is 11.5 Å². The first kappa shape index (κ1) is 17.5. The summed E-state index contributed by atoms with van der Waals surface area (Å²) in [6.07, 6.45) is 0. The van der Waals surface area contributed by atoms with Gasteiger partial charge in [-0.1, -0.05) is 17.7 Å². The third-order valence-electron chi connectivity index (χ3n) is 3.14. The van der Waals surface area contributed by atoms with Gasteiger partial charge in [-0.05, 0) is 43.3 Å². The molecule has 2 rings (SSSR count). The van der Waals surface area contributed by atoms with Crippen molar-refractivity contribution in [2.45, 2.75) is 17.1 Å². The lowest BCUT2D eigenvalue weighted by Crippen LogP contribution is -2.22. The van der Waals surface area contributed by atoms with Gasteiger partial charge in [0.05, 0.1) is 25.2 Å². The van der Waals surface area contributed by atoms with E-state index in [1.165, 1.54) is 11.8 Å². The number of ether oxygens (including phenoxy) is 2. The highest BCUT2D eigenvalue weighted by molar-refractivity contribution is 8.00. The molecule has 1 amide bonds. The van der Waals surface area contributed by atoms with E-state index in [1.807, 2.05) is 31.2 Å². The van der Waals surface area contributed by atoms with Crippen molar-refractivity contribution in [3.63, 3.8) is 0 Å². The van der Waals surface area contributed by atoms with Gasteiger partial charge in [0.2, 0.25) is 5.91 Å². The van der Waals surface area contributed by atoms with Crippen LogP contribution in [0, 0.1) is 0 Å². The normalized spacial score (nSPS) is 11.7. The van der Waals surface area contributed by atoms with Crippen LogP contribution in [0.4, 0.5) is 5.69 Å². The molecule has 0 bridgehead atoms. The van der Waals surface area contributed by atoms with Gasteiger partial charge in [-0.15, -0.1) is 11.8 Å². The van der Waals surface area contributed by atoms with E-state index in [0.29, 0.717) is 16.5 Å². The van der Waals surface area contributed by atoms with E-state index >= 15 is 0 Å². The minimum Gasteiger partial charge on any atom is -0.497 e. The zero-order chi connectivity index (χ0) is 16.8. The Morgan fingerprint density at radius 1 is 1.17 bits per heavy atom. The molecule has 1 unspecified atom stereocenters. The Hall–Kier alpha value is -1.85. The summed E-state index contributed by atoms with van der Waals surface area (Å²) in [5.74, 6) is 1.21. The Labute approximate surface area is 145 Å². The smallest absolute Gasteiger partial charge is 0.237 e. The van der Waals surface area contributed by atoms with Crippen molar-refractivity contribution < 1.29 is 14.3 Å². The maximum absolute atomic E-state index is 12.4. The van der Waals surface area contributed by atoms with E-state index in [1.54, 1.807) is 32.4 Å². The van der Waals surface area contributed by atoms with Crippen LogP contribution >= 0.6 is 23.4 Å². The maximum Gasteiger partial charge on any atom is 0.237 e. The van der Waals surface area contributed by atoms with Gasteiger partial charge in [0.25, 0.3) is 0 Å². The second-order valence-electron chi connectivity index (χ2n) is 4.77. The van der Waals surface area contributed by atoms with Crippen LogP contribution in [0.3, 0.4) is 0 Å². The van der Waals surface area contributed by atoms with Crippen molar-refractivity contribution in [2.75, 3.05) is 19.5 Å². The fraction of sp³-hybridized carbons (Fsp3) is 0.235. The number of anilines is 1. The summed E-state index contributed by atoms with van der Waals surface area (Å²) in [7, 11) is 3.17. The van der Waals surface area contributed by atoms with E-state index in [9.17, 15) is 4.79 Å². The molecule has 0 spiro atoms. The summed E-state index contributed by atoms with van der Waals surface area (Å²) >= 11 is 7.43. The summed E-state index contributed by atoms with van der Waals surface area (Å²) in [5, 5.41) is 3.10. The molecule has 1 N–H and O–H groups in total. The Kier molecular flexibility index (Phi) is 6.19. The average molecular weight is 352 g/mol. The number of amides is 1. The molecule has 0 fully saturated rings. The molecule has 0 heterocycles. The second-order valence-corrected chi connectivity index (χ2v) is 6.62. The SMILES string of the molecule is COc1cccc(SC(C)C(=O)Nc2cc(Cl)ccc2OC)c1. The van der Waals surface area contributed by atoms with Crippen molar-refractivity contribution in [2.24, 2.45) is 0 Å². The highest BCUT2D eigenvalue weighted by atomic mass is 35.5. The molecule has 6 heteroatoms. The Bertz CT molecular complexity index is 693. The molecule has 0 aliphatic carbocycles. The summed E-state index contributed by atoms with van der Waals surface area (Å²) in [6, 6.07) is 12.7. The van der Waals surface area contributed by atoms with E-state index in [2.05, 4.69) is 5.32 Å². The summed E-state index contributed by atoms with van der Waals surface area (Å²) in [4.78, 5) is 13.4. The molecule has 0 saturated carbocycles. The molecule has 0 aliphatic rings. The maximum atomic E-state index is 12.4. The number of hydrogen-bond donors (Lipinski definition) is 1. The molecule has 1 atom stereocenters. The van der Waals surface area contributed by atoms with Gasteiger partial charge in [0, 0.05) is 9.92 Å². The molecule has 122 valence electrons. The number of benzene rings is 2. The molecule has 0 aromatic heterocycles. The van der Waals surface area contributed by atoms with Crippen LogP contribution in [0.2, 0.25) is 5.02 Å². The van der Waals surface area contributed by atoms with E-state index in [-0.39, 0.29) is 11.2 Å². The van der Waals surface area contributed by atoms with Crippen LogP contribution in [0.25, 0.3) is 0 Å². The molecule has 2 aromatic rings. The molecule has 0 aliphatic heterocycles. The van der Waals surface area contributed by atoms with Crippen molar-refractivity contribution in [1.29, 1.82) is 0 Å². The lowest BCUT2D eigenvalue weighted by molar-refractivity contribution is -0.115. The lowest BCUT2D eigenvalue weighted by Gasteiger charge is -2.14. The van der Waals surface area contributed by atoms with Gasteiger partial charge < -0.3 is 14.8 Å². The number of nitrogens with one attached hydrogen (secondary N) is 1. The zero-order valence-corrected chi connectivity index (χ0v) is 14.7. The number of hydrogen-bond acceptors (Lipinski definition) is 4. The van der Waals surface area contributed by atoms with Crippen LogP contribution in [0.5, 0.6) is 11.5 Å². The van der Waals surface area contributed by atoms with Crippen molar-refractivity contribution in [3.05, 3.63) is 47.5 Å². The number of carbonyl (C=O) groups is 1. The number of carbonyl (C=O) groups excluding carboxylic acids is 1. The summed E-state index contributed by atoms with van der Waals surface area (Å²) in [6.45, 7) is 1.84. The Morgan fingerprint density at radius 2 is 1.96 bits per heavy atom. The predicted molar refractivity (Wildman–Crippen MR) is 94.9 cm³/mol. The highest BCUT2D eigenvalue weighted by Gasteiger charge is 2.17. The molecular weight excluding hydrogens is 334 g/mol. The minimum absolute atomic E-state index is 0.126. The third kappa shape index (κ3) is 4.81. The van der Waals surface area contributed by atoms with Crippen molar-refractivity contribution >= 4 is 35.0 Å². The van der Waals surface area contributed by atoms with Crippen LogP contribution in [-0.2, 0) is 4.79 Å². The monoisotopic (exact) mass is 351 g/mol. The first-order valence-corrected chi connectivity index (χ1v) is 8.24. The fourth-order valence-corrected chi connectivity index (χ4v) is 3.03. The van der Waals surface area contributed by atoms with Gasteiger partial charge >= 0.3 is 0 Å². The number of thioether (sulfide) groups is 1. The summed E-state index contributed by atoms with van der Waals surface area (Å²) in [5.41, 5.74) is 0.558. The summed E-state index contributed by atoms with van der Waals surface area (Å²) < 4.78 is 10.4. The zero-order valence-electron chi connectivity index (χ0n) is 13.1. The highest BCUT2D eigenvalue weighted by Crippen LogP contribution is 2.30. The fourth-order valence-electron chi connectivity index (χ4n) is 1.94. The van der Waals surface area contributed by atoms with E-state index in [0.717, 1.165) is 10.6 Å². The van der Waals surface area contributed by atoms with Gasteiger partial charge in [-0.25, -0.2) is 0 Å². The molecule has 0 radical (unpaired) electrons. The lowest BCUT2D eigenvalue weighted by atomic mass is 10.3. The second kappa shape index (κ2) is 8.13. The number of halogens is 1. The Morgan fingerprint density at radius 3 is 2.65 bits per heavy atom. The van der Waals surface area contributed by atoms with Gasteiger partial charge in [-0.3, -0.25) is 4.79 Å².